The summed E-state index contributed by atoms with van der Waals surface area (Å²) < 4.78 is 5.92. The molecule has 0 saturated carbocycles. The van der Waals surface area contributed by atoms with E-state index in [-0.39, 0.29) is 24.0 Å². The summed E-state index contributed by atoms with van der Waals surface area (Å²) in [5, 5.41) is 3.07. The fourth-order valence-electron chi connectivity index (χ4n) is 4.40. The summed E-state index contributed by atoms with van der Waals surface area (Å²) >= 11 is 0. The number of rotatable bonds is 3. The zero-order valence-corrected chi connectivity index (χ0v) is 18.6. The molecule has 1 fully saturated rings. The molecule has 0 aliphatic carbocycles. The van der Waals surface area contributed by atoms with Crippen molar-refractivity contribution in [2.75, 3.05) is 24.5 Å². The van der Waals surface area contributed by atoms with Crippen molar-refractivity contribution in [1.82, 2.24) is 10.2 Å². The van der Waals surface area contributed by atoms with E-state index in [1.807, 2.05) is 73.0 Å². The summed E-state index contributed by atoms with van der Waals surface area (Å²) in [5.41, 5.74) is 4.18. The van der Waals surface area contributed by atoms with Gasteiger partial charge in [-0.05, 0) is 62.4 Å². The number of anilines is 1. The number of carbonyl (C=O) groups excluding carboxylic acids is 2. The van der Waals surface area contributed by atoms with Crippen LogP contribution in [-0.2, 0) is 11.3 Å². The first-order valence-electron chi connectivity index (χ1n) is 11.1. The lowest BCUT2D eigenvalue weighted by Crippen LogP contribution is -2.53. The Hall–Kier alpha value is -3.02. The third kappa shape index (κ3) is 4.68. The third-order valence-electron chi connectivity index (χ3n) is 6.18. The summed E-state index contributed by atoms with van der Waals surface area (Å²) in [6, 6.07) is 13.9. The summed E-state index contributed by atoms with van der Waals surface area (Å²) in [4.78, 5) is 29.9. The Morgan fingerprint density at radius 1 is 1.13 bits per heavy atom. The predicted octanol–water partition coefficient (Wildman–Crippen LogP) is 4.04. The van der Waals surface area contributed by atoms with Crippen molar-refractivity contribution >= 4 is 17.6 Å². The van der Waals surface area contributed by atoms with Gasteiger partial charge in [-0.25, -0.2) is 4.79 Å². The van der Waals surface area contributed by atoms with Gasteiger partial charge in [0.25, 0.3) is 0 Å². The van der Waals surface area contributed by atoms with Crippen LogP contribution in [0.1, 0.15) is 36.5 Å². The summed E-state index contributed by atoms with van der Waals surface area (Å²) in [5.74, 6) is 0.576. The number of amides is 3. The molecule has 2 aliphatic rings. The SMILES string of the molecule is Cc1ccc2c(c1)N(C(=O)N1CCC[C@H](C(=O)NCc3ccccc3C)C1)C[C@H](C)O2. The number of nitrogens with one attached hydrogen (secondary N) is 1. The minimum atomic E-state index is -0.183. The Morgan fingerprint density at radius 2 is 1.94 bits per heavy atom. The van der Waals surface area contributed by atoms with Crippen LogP contribution in [0.3, 0.4) is 0 Å². The number of nitrogens with zero attached hydrogens (tertiary/aromatic N) is 2. The number of carbonyl (C=O) groups is 2. The van der Waals surface area contributed by atoms with Gasteiger partial charge in [0.15, 0.2) is 0 Å². The van der Waals surface area contributed by atoms with E-state index in [2.05, 4.69) is 5.32 Å². The molecule has 6 nitrogen and oxygen atoms in total. The number of likely N-dealkylation sites (tertiary alicyclic amines) is 1. The van der Waals surface area contributed by atoms with Crippen LogP contribution in [0.25, 0.3) is 0 Å². The number of hydrogen-bond donors (Lipinski definition) is 1. The first-order valence-corrected chi connectivity index (χ1v) is 11.1. The minimum absolute atomic E-state index is 0.0207. The Labute approximate surface area is 184 Å². The van der Waals surface area contributed by atoms with Crippen molar-refractivity contribution < 1.29 is 14.3 Å². The largest absolute Gasteiger partial charge is 0.487 e. The second kappa shape index (κ2) is 9.00. The maximum absolute atomic E-state index is 13.4. The van der Waals surface area contributed by atoms with Gasteiger partial charge in [0.2, 0.25) is 5.91 Å². The van der Waals surface area contributed by atoms with Crippen LogP contribution in [0.5, 0.6) is 5.75 Å². The van der Waals surface area contributed by atoms with Crippen molar-refractivity contribution in [1.29, 1.82) is 0 Å². The van der Waals surface area contributed by atoms with Gasteiger partial charge >= 0.3 is 6.03 Å². The van der Waals surface area contributed by atoms with Crippen molar-refractivity contribution in [3.05, 3.63) is 59.2 Å². The van der Waals surface area contributed by atoms with Gasteiger partial charge in [-0.15, -0.1) is 0 Å². The highest BCUT2D eigenvalue weighted by atomic mass is 16.5. The average molecular weight is 422 g/mol. The number of fused-ring (bicyclic) bond motifs is 1. The van der Waals surface area contributed by atoms with E-state index in [1.165, 1.54) is 5.56 Å². The Kier molecular flexibility index (Phi) is 6.16. The highest BCUT2D eigenvalue weighted by Crippen LogP contribution is 2.35. The van der Waals surface area contributed by atoms with Gasteiger partial charge < -0.3 is 15.0 Å². The van der Waals surface area contributed by atoms with Crippen LogP contribution in [-0.4, -0.2) is 42.6 Å². The second-order valence-corrected chi connectivity index (χ2v) is 8.72. The quantitative estimate of drug-likeness (QED) is 0.814. The molecule has 164 valence electrons. The topological polar surface area (TPSA) is 61.9 Å². The van der Waals surface area contributed by atoms with Crippen molar-refractivity contribution in [2.45, 2.75) is 46.3 Å². The molecular formula is C25H31N3O3. The van der Waals surface area contributed by atoms with E-state index in [1.54, 1.807) is 0 Å². The van der Waals surface area contributed by atoms with Crippen molar-refractivity contribution in [3.8, 4) is 5.75 Å². The highest BCUT2D eigenvalue weighted by Gasteiger charge is 2.34. The minimum Gasteiger partial charge on any atom is -0.487 e. The lowest BCUT2D eigenvalue weighted by Gasteiger charge is -2.39. The number of ether oxygens (including phenoxy) is 1. The molecule has 2 heterocycles. The second-order valence-electron chi connectivity index (χ2n) is 8.72. The standard InChI is InChI=1S/C25H31N3O3/c1-17-10-11-23-22(13-17)28(15-19(3)31-23)25(30)27-12-6-9-21(16-27)24(29)26-14-20-8-5-4-7-18(20)2/h4-5,7-8,10-11,13,19,21H,6,9,12,14-16H2,1-3H3,(H,26,29)/t19-,21-/m0/s1. The summed E-state index contributed by atoms with van der Waals surface area (Å²) in [6.45, 7) is 8.18. The maximum Gasteiger partial charge on any atom is 0.324 e. The molecular weight excluding hydrogens is 390 g/mol. The number of piperidine rings is 1. The van der Waals surface area contributed by atoms with Crippen LogP contribution in [0.2, 0.25) is 0 Å². The normalized spacial score (nSPS) is 20.6. The van der Waals surface area contributed by atoms with E-state index in [4.69, 9.17) is 4.74 Å². The fourth-order valence-corrected chi connectivity index (χ4v) is 4.40. The maximum atomic E-state index is 13.4. The number of urea groups is 1. The van der Waals surface area contributed by atoms with Gasteiger partial charge in [0.05, 0.1) is 18.2 Å². The number of benzene rings is 2. The molecule has 2 atom stereocenters. The molecule has 2 aromatic rings. The van der Waals surface area contributed by atoms with Gasteiger partial charge in [0.1, 0.15) is 11.9 Å². The Bertz CT molecular complexity index is 974. The molecule has 6 heteroatoms. The van der Waals surface area contributed by atoms with Gasteiger partial charge in [-0.2, -0.15) is 0 Å². The lowest BCUT2D eigenvalue weighted by molar-refractivity contribution is -0.126. The molecule has 2 aromatic carbocycles. The number of hydrogen-bond acceptors (Lipinski definition) is 3. The first-order chi connectivity index (χ1) is 14.9. The zero-order valence-electron chi connectivity index (χ0n) is 18.6. The van der Waals surface area contributed by atoms with E-state index < -0.39 is 0 Å². The smallest absolute Gasteiger partial charge is 0.324 e. The van der Waals surface area contributed by atoms with Crippen LogP contribution in [0, 0.1) is 19.8 Å². The Morgan fingerprint density at radius 3 is 2.74 bits per heavy atom. The molecule has 1 saturated heterocycles. The summed E-state index contributed by atoms with van der Waals surface area (Å²) in [6.07, 6.45) is 1.56. The van der Waals surface area contributed by atoms with E-state index in [9.17, 15) is 9.59 Å². The highest BCUT2D eigenvalue weighted by molar-refractivity contribution is 5.95. The number of aryl methyl sites for hydroxylation is 2. The fraction of sp³-hybridized carbons (Fsp3) is 0.440. The van der Waals surface area contributed by atoms with E-state index in [0.29, 0.717) is 26.2 Å². The average Bonchev–Trinajstić information content (AvgIpc) is 2.77. The molecule has 0 aromatic heterocycles. The van der Waals surface area contributed by atoms with Crippen LogP contribution in [0.4, 0.5) is 10.5 Å². The van der Waals surface area contributed by atoms with Crippen LogP contribution < -0.4 is 15.0 Å². The lowest BCUT2D eigenvalue weighted by atomic mass is 9.97. The molecule has 0 spiro atoms. The Balaban J connectivity index is 1.43. The molecule has 0 radical (unpaired) electrons. The molecule has 0 bridgehead atoms. The van der Waals surface area contributed by atoms with Gasteiger partial charge in [0, 0.05) is 19.6 Å². The zero-order chi connectivity index (χ0) is 22.0. The molecule has 4 rings (SSSR count). The molecule has 0 unspecified atom stereocenters. The van der Waals surface area contributed by atoms with Gasteiger partial charge in [-0.3, -0.25) is 9.69 Å². The van der Waals surface area contributed by atoms with Crippen LogP contribution in [0.15, 0.2) is 42.5 Å². The molecule has 31 heavy (non-hydrogen) atoms. The predicted molar refractivity (Wildman–Crippen MR) is 121 cm³/mol. The van der Waals surface area contributed by atoms with Crippen molar-refractivity contribution in [3.63, 3.8) is 0 Å². The van der Waals surface area contributed by atoms with Crippen molar-refractivity contribution in [2.24, 2.45) is 5.92 Å². The summed E-state index contributed by atoms with van der Waals surface area (Å²) in [7, 11) is 0. The first kappa shape index (κ1) is 21.2. The molecule has 3 amide bonds. The van der Waals surface area contributed by atoms with Crippen LogP contribution >= 0.6 is 0 Å². The molecule has 2 aliphatic heterocycles. The molecule has 1 N–H and O–H groups in total. The third-order valence-corrected chi connectivity index (χ3v) is 6.18. The van der Waals surface area contributed by atoms with Gasteiger partial charge in [-0.1, -0.05) is 30.3 Å². The van der Waals surface area contributed by atoms with E-state index >= 15 is 0 Å². The van der Waals surface area contributed by atoms with E-state index in [0.717, 1.165) is 35.4 Å². The monoisotopic (exact) mass is 421 g/mol.